The minimum atomic E-state index is -0.943. The maximum Gasteiger partial charge on any atom is 0.321 e. The first-order chi connectivity index (χ1) is 16.4. The minimum absolute atomic E-state index is 0.242. The molecule has 34 heavy (non-hydrogen) atoms. The van der Waals surface area contributed by atoms with Gasteiger partial charge in [0.05, 0.1) is 12.7 Å². The third-order valence-corrected chi connectivity index (χ3v) is 6.49. The van der Waals surface area contributed by atoms with Crippen LogP contribution < -0.4 is 15.4 Å². The molecule has 8 heteroatoms. The Morgan fingerprint density at radius 2 is 1.59 bits per heavy atom. The number of ether oxygens (including phenoxy) is 1. The molecule has 7 nitrogen and oxygen atoms in total. The van der Waals surface area contributed by atoms with Crippen molar-refractivity contribution in [3.63, 3.8) is 0 Å². The van der Waals surface area contributed by atoms with Gasteiger partial charge < -0.3 is 25.4 Å². The summed E-state index contributed by atoms with van der Waals surface area (Å²) in [6.45, 7) is 0.870. The van der Waals surface area contributed by atoms with E-state index in [0.717, 1.165) is 10.0 Å². The molecule has 1 heterocycles. The summed E-state index contributed by atoms with van der Waals surface area (Å²) in [6, 6.07) is 21.3. The molecule has 0 atom stereocenters. The summed E-state index contributed by atoms with van der Waals surface area (Å²) in [7, 11) is 1.55. The van der Waals surface area contributed by atoms with Gasteiger partial charge in [0.15, 0.2) is 0 Å². The highest BCUT2D eigenvalue weighted by Gasteiger charge is 2.35. The Morgan fingerprint density at radius 3 is 2.26 bits per heavy atom. The number of hydrogen-bond acceptors (Lipinski definition) is 4. The highest BCUT2D eigenvalue weighted by atomic mass is 79.9. The molecule has 0 radical (unpaired) electrons. The summed E-state index contributed by atoms with van der Waals surface area (Å²) in [5.41, 5.74) is 1.52. The lowest BCUT2D eigenvalue weighted by atomic mass is 9.84. The van der Waals surface area contributed by atoms with Crippen LogP contribution in [0.1, 0.15) is 28.8 Å². The van der Waals surface area contributed by atoms with Gasteiger partial charge in [-0.1, -0.05) is 40.2 Å². The Hall–Kier alpha value is -3.36. The van der Waals surface area contributed by atoms with Crippen LogP contribution in [-0.4, -0.2) is 42.1 Å². The molecule has 1 aliphatic rings. The zero-order chi connectivity index (χ0) is 24.1. The SMILES string of the molecule is COc1cccc(C(=O)Nc2cccc(NC(=O)N3CCC(O)(c4ccc(Br)cc4)CC3)c2)c1. The number of carbonyl (C=O) groups excluding carboxylic acids is 2. The number of nitrogens with one attached hydrogen (secondary N) is 2. The van der Waals surface area contributed by atoms with Crippen molar-refractivity contribution in [3.05, 3.63) is 88.4 Å². The molecule has 1 fully saturated rings. The fourth-order valence-electron chi connectivity index (χ4n) is 3.97. The third-order valence-electron chi connectivity index (χ3n) is 5.96. The van der Waals surface area contributed by atoms with Crippen molar-refractivity contribution in [1.29, 1.82) is 0 Å². The molecule has 0 bridgehead atoms. The van der Waals surface area contributed by atoms with Crippen molar-refractivity contribution < 1.29 is 19.4 Å². The lowest BCUT2D eigenvalue weighted by Crippen LogP contribution is -2.46. The lowest BCUT2D eigenvalue weighted by Gasteiger charge is -2.38. The van der Waals surface area contributed by atoms with Crippen LogP contribution in [-0.2, 0) is 5.60 Å². The van der Waals surface area contributed by atoms with Crippen LogP contribution in [0.15, 0.2) is 77.3 Å². The van der Waals surface area contributed by atoms with E-state index >= 15 is 0 Å². The first-order valence-corrected chi connectivity index (χ1v) is 11.8. The minimum Gasteiger partial charge on any atom is -0.497 e. The van der Waals surface area contributed by atoms with Crippen LogP contribution in [0, 0.1) is 0 Å². The second-order valence-corrected chi connectivity index (χ2v) is 9.14. The Balaban J connectivity index is 1.35. The number of amides is 3. The number of methoxy groups -OCH3 is 1. The predicted octanol–water partition coefficient (Wildman–Crippen LogP) is 5.23. The molecule has 0 unspecified atom stereocenters. The summed E-state index contributed by atoms with van der Waals surface area (Å²) >= 11 is 3.41. The molecule has 1 aliphatic heterocycles. The van der Waals surface area contributed by atoms with E-state index < -0.39 is 5.60 Å². The van der Waals surface area contributed by atoms with Crippen LogP contribution in [0.25, 0.3) is 0 Å². The molecule has 3 aromatic rings. The van der Waals surface area contributed by atoms with Crippen molar-refractivity contribution in [1.82, 2.24) is 4.90 Å². The third kappa shape index (κ3) is 5.58. The van der Waals surface area contributed by atoms with Crippen LogP contribution in [0.3, 0.4) is 0 Å². The van der Waals surface area contributed by atoms with Gasteiger partial charge >= 0.3 is 6.03 Å². The van der Waals surface area contributed by atoms with Gasteiger partial charge in [0.2, 0.25) is 0 Å². The largest absolute Gasteiger partial charge is 0.497 e. The van der Waals surface area contributed by atoms with Gasteiger partial charge in [-0.3, -0.25) is 4.79 Å². The second kappa shape index (κ2) is 10.3. The average Bonchev–Trinajstić information content (AvgIpc) is 2.85. The molecule has 3 aromatic carbocycles. The van der Waals surface area contributed by atoms with Crippen LogP contribution in [0.5, 0.6) is 5.75 Å². The van der Waals surface area contributed by atoms with E-state index in [2.05, 4.69) is 26.6 Å². The maximum absolute atomic E-state index is 12.8. The van der Waals surface area contributed by atoms with Crippen LogP contribution >= 0.6 is 15.9 Å². The average molecular weight is 524 g/mol. The number of halogens is 1. The fourth-order valence-corrected chi connectivity index (χ4v) is 4.24. The van der Waals surface area contributed by atoms with Crippen molar-refractivity contribution >= 4 is 39.2 Å². The zero-order valence-electron chi connectivity index (χ0n) is 18.8. The van der Waals surface area contributed by atoms with E-state index in [4.69, 9.17) is 4.74 Å². The van der Waals surface area contributed by atoms with Crippen molar-refractivity contribution in [2.45, 2.75) is 18.4 Å². The van der Waals surface area contributed by atoms with Gasteiger partial charge in [0.1, 0.15) is 5.75 Å². The number of urea groups is 1. The molecule has 0 aromatic heterocycles. The van der Waals surface area contributed by atoms with E-state index in [1.165, 1.54) is 0 Å². The Kier molecular flexibility index (Phi) is 7.19. The number of anilines is 2. The lowest BCUT2D eigenvalue weighted by molar-refractivity contribution is -0.0157. The Labute approximate surface area is 206 Å². The van der Waals surface area contributed by atoms with Crippen molar-refractivity contribution in [2.75, 3.05) is 30.8 Å². The quantitative estimate of drug-likeness (QED) is 0.427. The van der Waals surface area contributed by atoms with Gasteiger partial charge in [0.25, 0.3) is 5.91 Å². The molecular weight excluding hydrogens is 498 g/mol. The summed E-state index contributed by atoms with van der Waals surface area (Å²) in [4.78, 5) is 27.1. The number of nitrogens with zero attached hydrogens (tertiary/aromatic N) is 1. The molecular formula is C26H26BrN3O4. The molecule has 3 N–H and O–H groups in total. The summed E-state index contributed by atoms with van der Waals surface area (Å²) in [6.07, 6.45) is 0.914. The topological polar surface area (TPSA) is 90.9 Å². The maximum atomic E-state index is 12.8. The Morgan fingerprint density at radius 1 is 0.941 bits per heavy atom. The van der Waals surface area contributed by atoms with E-state index in [1.54, 1.807) is 60.5 Å². The van der Waals surface area contributed by atoms with Crippen molar-refractivity contribution in [2.24, 2.45) is 0 Å². The highest BCUT2D eigenvalue weighted by Crippen LogP contribution is 2.33. The van der Waals surface area contributed by atoms with Gasteiger partial charge in [-0.25, -0.2) is 4.79 Å². The molecule has 4 rings (SSSR count). The standard InChI is InChI=1S/C26H26BrN3O4/c1-34-23-7-2-4-18(16-23)24(31)28-21-5-3-6-22(17-21)29-25(32)30-14-12-26(33,13-15-30)19-8-10-20(27)11-9-19/h2-11,16-17,33H,12-15H2,1H3,(H,28,31)(H,29,32). The molecule has 3 amide bonds. The highest BCUT2D eigenvalue weighted by molar-refractivity contribution is 9.10. The molecule has 0 saturated carbocycles. The first-order valence-electron chi connectivity index (χ1n) is 11.0. The fraction of sp³-hybridized carbons (Fsp3) is 0.231. The second-order valence-electron chi connectivity index (χ2n) is 8.22. The van der Waals surface area contributed by atoms with Crippen LogP contribution in [0.4, 0.5) is 16.2 Å². The number of likely N-dealkylation sites (tertiary alicyclic amines) is 1. The molecule has 0 spiro atoms. The first kappa shape index (κ1) is 23.8. The van der Waals surface area contributed by atoms with Gasteiger partial charge in [-0.05, 0) is 66.9 Å². The summed E-state index contributed by atoms with van der Waals surface area (Å²) in [5, 5.41) is 16.8. The number of benzene rings is 3. The van der Waals surface area contributed by atoms with E-state index in [9.17, 15) is 14.7 Å². The molecule has 0 aliphatic carbocycles. The number of hydrogen-bond donors (Lipinski definition) is 3. The zero-order valence-corrected chi connectivity index (χ0v) is 20.3. The number of rotatable bonds is 5. The Bertz CT molecular complexity index is 1170. The number of aliphatic hydroxyl groups is 1. The number of carbonyl (C=O) groups is 2. The summed E-state index contributed by atoms with van der Waals surface area (Å²) < 4.78 is 6.13. The normalized spacial score (nSPS) is 14.9. The van der Waals surface area contributed by atoms with Gasteiger partial charge in [0, 0.05) is 34.5 Å². The summed E-state index contributed by atoms with van der Waals surface area (Å²) in [5.74, 6) is 0.327. The smallest absolute Gasteiger partial charge is 0.321 e. The van der Waals surface area contributed by atoms with E-state index in [-0.39, 0.29) is 11.9 Å². The molecule has 1 saturated heterocycles. The van der Waals surface area contributed by atoms with Crippen molar-refractivity contribution in [3.8, 4) is 5.75 Å². The number of piperidine rings is 1. The molecule has 176 valence electrons. The van der Waals surface area contributed by atoms with Crippen LogP contribution in [0.2, 0.25) is 0 Å². The van der Waals surface area contributed by atoms with E-state index in [0.29, 0.717) is 48.6 Å². The van der Waals surface area contributed by atoms with Gasteiger partial charge in [-0.2, -0.15) is 0 Å². The van der Waals surface area contributed by atoms with Gasteiger partial charge in [-0.15, -0.1) is 0 Å². The van der Waals surface area contributed by atoms with E-state index in [1.807, 2.05) is 24.3 Å². The monoisotopic (exact) mass is 523 g/mol. The predicted molar refractivity (Wildman–Crippen MR) is 135 cm³/mol.